The first-order valence-corrected chi connectivity index (χ1v) is 14.2. The molecule has 3 heterocycles. The van der Waals surface area contributed by atoms with E-state index in [4.69, 9.17) is 5.26 Å². The molecule has 1 amide bonds. The van der Waals surface area contributed by atoms with E-state index in [0.717, 1.165) is 57.3 Å². The number of piperidine rings is 2. The van der Waals surface area contributed by atoms with Gasteiger partial charge in [0.1, 0.15) is 11.5 Å². The number of halogens is 1. The van der Waals surface area contributed by atoms with E-state index in [1.165, 1.54) is 17.7 Å². The van der Waals surface area contributed by atoms with Crippen LogP contribution in [-0.4, -0.2) is 52.7 Å². The average molecular weight is 539 g/mol. The molecule has 3 aromatic rings. The van der Waals surface area contributed by atoms with Crippen molar-refractivity contribution < 1.29 is 14.0 Å². The van der Waals surface area contributed by atoms with Crippen LogP contribution in [0.5, 0.6) is 0 Å². The Labute approximate surface area is 235 Å². The number of nitriles is 1. The molecule has 2 fully saturated rings. The molecule has 0 atom stereocenters. The summed E-state index contributed by atoms with van der Waals surface area (Å²) in [6, 6.07) is 20.0. The molecule has 0 aliphatic carbocycles. The minimum absolute atomic E-state index is 0.0335. The molecule has 7 heteroatoms. The number of hydrogen-bond donors (Lipinski definition) is 0. The van der Waals surface area contributed by atoms with Gasteiger partial charge in [-0.1, -0.05) is 24.3 Å². The average Bonchev–Trinajstić information content (AvgIpc) is 3.00. The summed E-state index contributed by atoms with van der Waals surface area (Å²) in [6.45, 7) is 4.12. The molecule has 0 spiro atoms. The number of amides is 1. The first kappa shape index (κ1) is 27.7. The van der Waals surface area contributed by atoms with Crippen LogP contribution in [0.3, 0.4) is 0 Å². The molecular formula is C33H35FN4O2. The van der Waals surface area contributed by atoms with Crippen molar-refractivity contribution in [1.82, 2.24) is 14.8 Å². The molecule has 0 saturated carbocycles. The van der Waals surface area contributed by atoms with Gasteiger partial charge in [-0.05, 0) is 105 Å². The number of likely N-dealkylation sites (tertiary alicyclic amines) is 2. The fourth-order valence-electron chi connectivity index (χ4n) is 5.82. The molecule has 2 aliphatic rings. The van der Waals surface area contributed by atoms with Gasteiger partial charge in [-0.15, -0.1) is 0 Å². The predicted octanol–water partition coefficient (Wildman–Crippen LogP) is 5.67. The Morgan fingerprint density at radius 1 is 0.850 bits per heavy atom. The first-order valence-electron chi connectivity index (χ1n) is 14.2. The molecule has 206 valence electrons. The molecule has 0 bridgehead atoms. The molecule has 0 radical (unpaired) electrons. The van der Waals surface area contributed by atoms with Crippen molar-refractivity contribution in [2.24, 2.45) is 11.8 Å². The Kier molecular flexibility index (Phi) is 8.98. The Morgan fingerprint density at radius 2 is 1.50 bits per heavy atom. The maximum atomic E-state index is 13.2. The Balaban J connectivity index is 1.05. The second-order valence-corrected chi connectivity index (χ2v) is 11.2. The molecule has 6 nitrogen and oxygen atoms in total. The van der Waals surface area contributed by atoms with Gasteiger partial charge in [0.15, 0.2) is 5.78 Å². The van der Waals surface area contributed by atoms with Crippen LogP contribution in [0.2, 0.25) is 0 Å². The van der Waals surface area contributed by atoms with Crippen molar-refractivity contribution in [2.75, 3.05) is 26.2 Å². The van der Waals surface area contributed by atoms with E-state index >= 15 is 0 Å². The lowest BCUT2D eigenvalue weighted by Crippen LogP contribution is -2.39. The van der Waals surface area contributed by atoms with Gasteiger partial charge in [-0.3, -0.25) is 19.5 Å². The number of hydrogen-bond acceptors (Lipinski definition) is 5. The number of ketones is 1. The minimum Gasteiger partial charge on any atom is -0.339 e. The van der Waals surface area contributed by atoms with Crippen LogP contribution in [0.25, 0.3) is 0 Å². The summed E-state index contributed by atoms with van der Waals surface area (Å²) in [4.78, 5) is 34.6. The van der Waals surface area contributed by atoms with Gasteiger partial charge in [-0.2, -0.15) is 5.26 Å². The summed E-state index contributed by atoms with van der Waals surface area (Å²) in [5, 5.41) is 8.96. The zero-order valence-corrected chi connectivity index (χ0v) is 22.8. The van der Waals surface area contributed by atoms with Gasteiger partial charge in [0.05, 0.1) is 17.2 Å². The summed E-state index contributed by atoms with van der Waals surface area (Å²) in [7, 11) is 0. The van der Waals surface area contributed by atoms with E-state index in [1.807, 2.05) is 41.3 Å². The SMILES string of the molecule is N#Cc1ccc(CN2CCC(CC(=O)c3ccc(C(=O)N4CCC(Cc5ccc(F)cc5)CC4)cn3)CC2)cc1. The number of carbonyl (C=O) groups excluding carboxylic acids is 2. The van der Waals surface area contributed by atoms with Crippen molar-refractivity contribution in [2.45, 2.75) is 45.1 Å². The Bertz CT molecular complexity index is 1330. The maximum Gasteiger partial charge on any atom is 0.255 e. The fraction of sp³-hybridized carbons (Fsp3) is 0.394. The minimum atomic E-state index is -0.219. The highest BCUT2D eigenvalue weighted by Gasteiger charge is 2.25. The van der Waals surface area contributed by atoms with E-state index in [2.05, 4.69) is 16.0 Å². The number of Topliss-reactive ketones (excluding diaryl/α,β-unsaturated/α-hetero) is 1. The molecule has 40 heavy (non-hydrogen) atoms. The molecule has 0 unspecified atom stereocenters. The van der Waals surface area contributed by atoms with E-state index in [0.29, 0.717) is 48.2 Å². The largest absolute Gasteiger partial charge is 0.339 e. The summed E-state index contributed by atoms with van der Waals surface area (Å²) in [5.74, 6) is 0.593. The zero-order valence-electron chi connectivity index (χ0n) is 22.8. The second-order valence-electron chi connectivity index (χ2n) is 11.2. The van der Waals surface area contributed by atoms with Gasteiger partial charge >= 0.3 is 0 Å². The third-order valence-corrected chi connectivity index (χ3v) is 8.31. The zero-order chi connectivity index (χ0) is 27.9. The Hall–Kier alpha value is -3.89. The highest BCUT2D eigenvalue weighted by molar-refractivity contribution is 5.97. The van der Waals surface area contributed by atoms with Gasteiger partial charge < -0.3 is 4.90 Å². The van der Waals surface area contributed by atoms with Crippen LogP contribution in [0.15, 0.2) is 66.9 Å². The quantitative estimate of drug-likeness (QED) is 0.345. The monoisotopic (exact) mass is 538 g/mol. The Morgan fingerprint density at radius 3 is 2.12 bits per heavy atom. The molecule has 2 saturated heterocycles. The van der Waals surface area contributed by atoms with Crippen LogP contribution in [0, 0.1) is 29.0 Å². The summed E-state index contributed by atoms with van der Waals surface area (Å²) in [5.41, 5.74) is 3.94. The molecule has 5 rings (SSSR count). The van der Waals surface area contributed by atoms with Crippen LogP contribution in [-0.2, 0) is 13.0 Å². The van der Waals surface area contributed by atoms with Crippen LogP contribution < -0.4 is 0 Å². The van der Waals surface area contributed by atoms with Crippen molar-refractivity contribution in [3.63, 3.8) is 0 Å². The van der Waals surface area contributed by atoms with Crippen molar-refractivity contribution in [1.29, 1.82) is 5.26 Å². The topological polar surface area (TPSA) is 77.3 Å². The third kappa shape index (κ3) is 7.19. The number of benzene rings is 2. The normalized spacial score (nSPS) is 16.9. The summed E-state index contributed by atoms with van der Waals surface area (Å²) in [6.07, 6.45) is 6.69. The van der Waals surface area contributed by atoms with Crippen LogP contribution >= 0.6 is 0 Å². The molecule has 2 aromatic carbocycles. The molecule has 1 aromatic heterocycles. The van der Waals surface area contributed by atoms with Gasteiger partial charge in [0.25, 0.3) is 5.91 Å². The van der Waals surface area contributed by atoms with Gasteiger partial charge in [-0.25, -0.2) is 4.39 Å². The highest BCUT2D eigenvalue weighted by atomic mass is 19.1. The summed E-state index contributed by atoms with van der Waals surface area (Å²) >= 11 is 0. The lowest BCUT2D eigenvalue weighted by atomic mass is 9.90. The van der Waals surface area contributed by atoms with E-state index in [-0.39, 0.29) is 17.5 Å². The molecular weight excluding hydrogens is 503 g/mol. The highest BCUT2D eigenvalue weighted by Crippen LogP contribution is 2.25. The number of pyridine rings is 1. The number of aromatic nitrogens is 1. The first-order chi connectivity index (χ1) is 19.5. The number of nitrogens with zero attached hydrogens (tertiary/aromatic N) is 4. The standard InChI is InChI=1S/C33H35FN4O2/c34-30-8-5-24(6-9-30)19-25-13-17-38(18-14-25)33(40)29-7-10-31(36-22-29)32(39)20-26-11-15-37(16-12-26)23-28-3-1-27(21-35)2-4-28/h1-10,22,25-26H,11-20,23H2. The number of carbonyl (C=O) groups is 2. The van der Waals surface area contributed by atoms with E-state index < -0.39 is 0 Å². The van der Waals surface area contributed by atoms with Crippen molar-refractivity contribution >= 4 is 11.7 Å². The van der Waals surface area contributed by atoms with E-state index in [9.17, 15) is 14.0 Å². The van der Waals surface area contributed by atoms with Gasteiger partial charge in [0.2, 0.25) is 0 Å². The lowest BCUT2D eigenvalue weighted by Gasteiger charge is -2.32. The van der Waals surface area contributed by atoms with Crippen LogP contribution in [0.1, 0.15) is 69.6 Å². The fourth-order valence-corrected chi connectivity index (χ4v) is 5.82. The third-order valence-electron chi connectivity index (χ3n) is 8.31. The van der Waals surface area contributed by atoms with E-state index in [1.54, 1.807) is 18.3 Å². The maximum absolute atomic E-state index is 13.2. The van der Waals surface area contributed by atoms with Crippen molar-refractivity contribution in [3.8, 4) is 6.07 Å². The molecule has 2 aliphatic heterocycles. The van der Waals surface area contributed by atoms with Crippen molar-refractivity contribution in [3.05, 3.63) is 101 Å². The second kappa shape index (κ2) is 13.0. The van der Waals surface area contributed by atoms with Crippen LogP contribution in [0.4, 0.5) is 4.39 Å². The smallest absolute Gasteiger partial charge is 0.255 e. The van der Waals surface area contributed by atoms with Gasteiger partial charge in [0, 0.05) is 32.3 Å². The summed E-state index contributed by atoms with van der Waals surface area (Å²) < 4.78 is 13.2. The number of rotatable bonds is 8. The lowest BCUT2D eigenvalue weighted by molar-refractivity contribution is 0.0689. The predicted molar refractivity (Wildman–Crippen MR) is 151 cm³/mol. The molecule has 0 N–H and O–H groups in total.